The van der Waals surface area contributed by atoms with Gasteiger partial charge in [-0.1, -0.05) is 16.8 Å². The molecule has 2 aromatic heterocycles. The molecule has 1 saturated carbocycles. The molecular formula is C12H13ClN4O. The Morgan fingerprint density at radius 3 is 2.94 bits per heavy atom. The lowest BCUT2D eigenvalue weighted by molar-refractivity contribution is 0.222. The van der Waals surface area contributed by atoms with Crippen LogP contribution >= 0.6 is 11.6 Å². The minimum atomic E-state index is -0.169. The van der Waals surface area contributed by atoms with Gasteiger partial charge >= 0.3 is 0 Å². The second kappa shape index (κ2) is 4.33. The summed E-state index contributed by atoms with van der Waals surface area (Å²) in [7, 11) is 0. The van der Waals surface area contributed by atoms with Crippen LogP contribution in [0.4, 0.5) is 0 Å². The predicted molar refractivity (Wildman–Crippen MR) is 67.0 cm³/mol. The fourth-order valence-corrected chi connectivity index (χ4v) is 2.29. The summed E-state index contributed by atoms with van der Waals surface area (Å²) in [5.41, 5.74) is 6.51. The molecular weight excluding hydrogens is 252 g/mol. The number of nitrogens with zero attached hydrogens (tertiary/aromatic N) is 3. The average Bonchev–Trinajstić information content (AvgIpc) is 2.76. The van der Waals surface area contributed by atoms with Gasteiger partial charge in [-0.15, -0.1) is 0 Å². The lowest BCUT2D eigenvalue weighted by Crippen LogP contribution is -2.48. The first kappa shape index (κ1) is 11.6. The van der Waals surface area contributed by atoms with Gasteiger partial charge in [0.15, 0.2) is 0 Å². The molecule has 0 radical (unpaired) electrons. The zero-order chi connectivity index (χ0) is 12.6. The van der Waals surface area contributed by atoms with E-state index in [0.717, 1.165) is 12.8 Å². The lowest BCUT2D eigenvalue weighted by atomic mass is 9.75. The van der Waals surface area contributed by atoms with Gasteiger partial charge in [-0.2, -0.15) is 4.98 Å². The molecule has 1 fully saturated rings. The van der Waals surface area contributed by atoms with E-state index in [2.05, 4.69) is 15.1 Å². The summed E-state index contributed by atoms with van der Waals surface area (Å²) in [6, 6.07) is 3.51. The topological polar surface area (TPSA) is 77.8 Å². The van der Waals surface area contributed by atoms with E-state index >= 15 is 0 Å². The maximum absolute atomic E-state index is 6.14. The monoisotopic (exact) mass is 264 g/mol. The molecule has 0 aliphatic heterocycles. The molecule has 5 nitrogen and oxygen atoms in total. The molecule has 0 amide bonds. The number of hydrogen-bond acceptors (Lipinski definition) is 5. The standard InChI is InChI=1S/C12H13ClN4O/c13-8-3-1-6-15-10(8)11-16-9(18-17-11)7-12(14)4-2-5-12/h1,3,6H,2,4-5,7,14H2. The minimum Gasteiger partial charge on any atom is -0.339 e. The number of rotatable bonds is 3. The van der Waals surface area contributed by atoms with Crippen LogP contribution in [0.2, 0.25) is 5.02 Å². The summed E-state index contributed by atoms with van der Waals surface area (Å²) in [4.78, 5) is 8.45. The smallest absolute Gasteiger partial charge is 0.228 e. The molecule has 2 N–H and O–H groups in total. The van der Waals surface area contributed by atoms with Crippen LogP contribution < -0.4 is 5.73 Å². The van der Waals surface area contributed by atoms with E-state index in [4.69, 9.17) is 21.9 Å². The molecule has 0 unspecified atom stereocenters. The largest absolute Gasteiger partial charge is 0.339 e. The summed E-state index contributed by atoms with van der Waals surface area (Å²) in [6.45, 7) is 0. The highest BCUT2D eigenvalue weighted by Crippen LogP contribution is 2.32. The zero-order valence-electron chi connectivity index (χ0n) is 9.77. The maximum atomic E-state index is 6.14. The summed E-state index contributed by atoms with van der Waals surface area (Å²) in [6.07, 6.45) is 5.45. The van der Waals surface area contributed by atoms with E-state index in [1.54, 1.807) is 18.3 Å². The SMILES string of the molecule is NC1(Cc2nc(-c3ncccc3Cl)no2)CCC1. The summed E-state index contributed by atoms with van der Waals surface area (Å²) in [5.74, 6) is 0.965. The number of halogens is 1. The van der Waals surface area contributed by atoms with Crippen molar-refractivity contribution in [2.75, 3.05) is 0 Å². The van der Waals surface area contributed by atoms with E-state index < -0.39 is 0 Å². The Labute approximate surface area is 109 Å². The molecule has 0 bridgehead atoms. The fourth-order valence-electron chi connectivity index (χ4n) is 2.08. The quantitative estimate of drug-likeness (QED) is 0.920. The van der Waals surface area contributed by atoms with Crippen molar-refractivity contribution in [3.63, 3.8) is 0 Å². The highest BCUT2D eigenvalue weighted by Gasteiger charge is 2.34. The van der Waals surface area contributed by atoms with Gasteiger partial charge in [-0.3, -0.25) is 4.98 Å². The van der Waals surface area contributed by atoms with Crippen molar-refractivity contribution in [3.05, 3.63) is 29.2 Å². The molecule has 94 valence electrons. The molecule has 2 heterocycles. The first-order valence-electron chi connectivity index (χ1n) is 5.89. The van der Waals surface area contributed by atoms with Gasteiger partial charge in [-0.05, 0) is 31.4 Å². The number of hydrogen-bond donors (Lipinski definition) is 1. The van der Waals surface area contributed by atoms with Gasteiger partial charge in [0.05, 0.1) is 5.02 Å². The van der Waals surface area contributed by atoms with Gasteiger partial charge in [0.1, 0.15) is 5.69 Å². The Morgan fingerprint density at radius 1 is 1.44 bits per heavy atom. The maximum Gasteiger partial charge on any atom is 0.228 e. The summed E-state index contributed by atoms with van der Waals surface area (Å²) >= 11 is 6.03. The Kier molecular flexibility index (Phi) is 2.80. The first-order chi connectivity index (χ1) is 8.66. The van der Waals surface area contributed by atoms with Crippen LogP contribution in [-0.4, -0.2) is 20.7 Å². The van der Waals surface area contributed by atoms with Gasteiger partial charge in [0.25, 0.3) is 0 Å². The molecule has 0 spiro atoms. The average molecular weight is 265 g/mol. The predicted octanol–water partition coefficient (Wildman–Crippen LogP) is 2.21. The minimum absolute atomic E-state index is 0.169. The summed E-state index contributed by atoms with van der Waals surface area (Å²) < 4.78 is 5.21. The molecule has 2 aromatic rings. The van der Waals surface area contributed by atoms with Crippen molar-refractivity contribution in [1.82, 2.24) is 15.1 Å². The molecule has 18 heavy (non-hydrogen) atoms. The van der Waals surface area contributed by atoms with Crippen molar-refractivity contribution in [2.45, 2.75) is 31.2 Å². The number of nitrogens with two attached hydrogens (primary N) is 1. The Balaban J connectivity index is 1.83. The van der Waals surface area contributed by atoms with Crippen LogP contribution in [0.1, 0.15) is 25.2 Å². The normalized spacial score (nSPS) is 17.4. The van der Waals surface area contributed by atoms with Crippen LogP contribution in [0.25, 0.3) is 11.5 Å². The Hall–Kier alpha value is -1.46. The van der Waals surface area contributed by atoms with E-state index in [9.17, 15) is 0 Å². The van der Waals surface area contributed by atoms with Crippen molar-refractivity contribution in [3.8, 4) is 11.5 Å². The highest BCUT2D eigenvalue weighted by molar-refractivity contribution is 6.32. The second-order valence-electron chi connectivity index (χ2n) is 4.74. The van der Waals surface area contributed by atoms with Crippen molar-refractivity contribution < 1.29 is 4.52 Å². The van der Waals surface area contributed by atoms with E-state index in [-0.39, 0.29) is 5.54 Å². The van der Waals surface area contributed by atoms with E-state index in [1.165, 1.54) is 6.42 Å². The molecule has 1 aliphatic carbocycles. The second-order valence-corrected chi connectivity index (χ2v) is 5.15. The Morgan fingerprint density at radius 2 is 2.28 bits per heavy atom. The third kappa shape index (κ3) is 2.11. The van der Waals surface area contributed by atoms with Gasteiger partial charge < -0.3 is 10.3 Å². The van der Waals surface area contributed by atoms with E-state index in [1.807, 2.05) is 0 Å². The molecule has 1 aliphatic rings. The van der Waals surface area contributed by atoms with Crippen LogP contribution in [0.3, 0.4) is 0 Å². The van der Waals surface area contributed by atoms with E-state index in [0.29, 0.717) is 28.9 Å². The van der Waals surface area contributed by atoms with Crippen LogP contribution in [-0.2, 0) is 6.42 Å². The number of pyridine rings is 1. The molecule has 0 aromatic carbocycles. The van der Waals surface area contributed by atoms with Gasteiger partial charge in [0.2, 0.25) is 11.7 Å². The van der Waals surface area contributed by atoms with Gasteiger partial charge in [0, 0.05) is 18.2 Å². The molecule has 0 saturated heterocycles. The Bertz CT molecular complexity index is 565. The third-order valence-corrected chi connectivity index (χ3v) is 3.60. The van der Waals surface area contributed by atoms with Crippen molar-refractivity contribution in [1.29, 1.82) is 0 Å². The van der Waals surface area contributed by atoms with Gasteiger partial charge in [-0.25, -0.2) is 0 Å². The fraction of sp³-hybridized carbons (Fsp3) is 0.417. The lowest BCUT2D eigenvalue weighted by Gasteiger charge is -2.36. The van der Waals surface area contributed by atoms with Crippen LogP contribution in [0.15, 0.2) is 22.9 Å². The summed E-state index contributed by atoms with van der Waals surface area (Å²) in [5, 5.41) is 4.41. The molecule has 3 rings (SSSR count). The number of aromatic nitrogens is 3. The molecule has 6 heteroatoms. The van der Waals surface area contributed by atoms with Crippen LogP contribution in [0, 0.1) is 0 Å². The van der Waals surface area contributed by atoms with Crippen molar-refractivity contribution in [2.24, 2.45) is 5.73 Å². The first-order valence-corrected chi connectivity index (χ1v) is 6.26. The molecule has 0 atom stereocenters. The van der Waals surface area contributed by atoms with Crippen LogP contribution in [0.5, 0.6) is 0 Å². The zero-order valence-corrected chi connectivity index (χ0v) is 10.5. The third-order valence-electron chi connectivity index (χ3n) is 3.29. The van der Waals surface area contributed by atoms with Crippen molar-refractivity contribution >= 4 is 11.6 Å². The highest BCUT2D eigenvalue weighted by atomic mass is 35.5.